The third kappa shape index (κ3) is 5.40. The van der Waals surface area contributed by atoms with E-state index in [0.717, 1.165) is 19.1 Å². The van der Waals surface area contributed by atoms with E-state index in [1.54, 1.807) is 0 Å². The SMILES string of the molecule is C[C@]1(C(F)(F)F)C[C@@H](c2ccc(F)c(F)c2OCC2CC(O)C2)[C@H](C(=O)Nc2cccc(C(N)=O)c2)O1. The number of amides is 2. The molecule has 0 aromatic heterocycles. The van der Waals surface area contributed by atoms with Gasteiger partial charge in [-0.1, -0.05) is 12.1 Å². The zero-order chi connectivity index (χ0) is 27.1. The van der Waals surface area contributed by atoms with Gasteiger partial charge < -0.3 is 25.6 Å². The number of benzene rings is 2. The number of ether oxygens (including phenoxy) is 2. The van der Waals surface area contributed by atoms with Gasteiger partial charge in [0, 0.05) is 22.7 Å². The molecule has 1 aliphatic carbocycles. The fourth-order valence-electron chi connectivity index (χ4n) is 4.62. The van der Waals surface area contributed by atoms with Gasteiger partial charge in [0.05, 0.1) is 12.7 Å². The number of primary amides is 1. The van der Waals surface area contributed by atoms with Crippen molar-refractivity contribution in [2.24, 2.45) is 11.7 Å². The minimum absolute atomic E-state index is 0.0548. The molecule has 4 rings (SSSR count). The van der Waals surface area contributed by atoms with E-state index in [1.165, 1.54) is 24.3 Å². The summed E-state index contributed by atoms with van der Waals surface area (Å²) in [5.41, 5.74) is 2.45. The van der Waals surface area contributed by atoms with Crippen LogP contribution in [0.15, 0.2) is 36.4 Å². The lowest BCUT2D eigenvalue weighted by atomic mass is 9.83. The van der Waals surface area contributed by atoms with Crippen LogP contribution in [0.4, 0.5) is 27.6 Å². The molecule has 1 aliphatic heterocycles. The number of nitrogens with two attached hydrogens (primary N) is 1. The van der Waals surface area contributed by atoms with Crippen molar-refractivity contribution in [1.29, 1.82) is 0 Å². The summed E-state index contributed by atoms with van der Waals surface area (Å²) in [6, 6.07) is 7.27. The Bertz CT molecular complexity index is 1200. The van der Waals surface area contributed by atoms with Gasteiger partial charge in [-0.3, -0.25) is 9.59 Å². The van der Waals surface area contributed by atoms with Crippen LogP contribution >= 0.6 is 0 Å². The molecule has 12 heteroatoms. The first-order valence-corrected chi connectivity index (χ1v) is 11.5. The first kappa shape index (κ1) is 26.8. The van der Waals surface area contributed by atoms with Crippen molar-refractivity contribution in [3.8, 4) is 5.75 Å². The molecule has 2 aromatic rings. The number of rotatable bonds is 7. The molecule has 37 heavy (non-hydrogen) atoms. The summed E-state index contributed by atoms with van der Waals surface area (Å²) in [7, 11) is 0. The number of carbonyl (C=O) groups excluding carboxylic acids is 2. The van der Waals surface area contributed by atoms with E-state index in [1.807, 2.05) is 0 Å². The summed E-state index contributed by atoms with van der Waals surface area (Å²) in [5, 5.41) is 11.9. The van der Waals surface area contributed by atoms with Gasteiger partial charge in [-0.25, -0.2) is 4.39 Å². The van der Waals surface area contributed by atoms with Crippen molar-refractivity contribution in [2.45, 2.75) is 56.1 Å². The molecule has 0 unspecified atom stereocenters. The van der Waals surface area contributed by atoms with Gasteiger partial charge in [-0.15, -0.1) is 0 Å². The maximum absolute atomic E-state index is 14.8. The number of aliphatic hydroxyl groups is 1. The topological polar surface area (TPSA) is 111 Å². The molecule has 0 bridgehead atoms. The van der Waals surface area contributed by atoms with Gasteiger partial charge in [0.25, 0.3) is 5.91 Å². The predicted octanol–water partition coefficient (Wildman–Crippen LogP) is 4.05. The number of carbonyl (C=O) groups is 2. The van der Waals surface area contributed by atoms with Gasteiger partial charge in [-0.2, -0.15) is 17.6 Å². The largest absolute Gasteiger partial charge is 0.490 e. The van der Waals surface area contributed by atoms with E-state index in [0.29, 0.717) is 12.8 Å². The van der Waals surface area contributed by atoms with E-state index >= 15 is 0 Å². The fourth-order valence-corrected chi connectivity index (χ4v) is 4.62. The highest BCUT2D eigenvalue weighted by Gasteiger charge is 2.61. The molecule has 4 N–H and O–H groups in total. The average Bonchev–Trinajstić information content (AvgIpc) is 3.17. The molecule has 2 fully saturated rings. The second-order valence-electron chi connectivity index (χ2n) is 9.59. The Hall–Kier alpha value is -3.25. The number of aliphatic hydroxyl groups excluding tert-OH is 1. The molecule has 1 heterocycles. The van der Waals surface area contributed by atoms with Crippen LogP contribution in [-0.2, 0) is 9.53 Å². The van der Waals surface area contributed by atoms with Crippen LogP contribution in [0, 0.1) is 17.6 Å². The van der Waals surface area contributed by atoms with Gasteiger partial charge in [-0.05, 0) is 56.4 Å². The summed E-state index contributed by atoms with van der Waals surface area (Å²) in [5.74, 6) is -6.53. The maximum atomic E-state index is 14.8. The van der Waals surface area contributed by atoms with Crippen LogP contribution in [0.1, 0.15) is 48.0 Å². The first-order valence-electron chi connectivity index (χ1n) is 11.5. The Morgan fingerprint density at radius 1 is 1.22 bits per heavy atom. The van der Waals surface area contributed by atoms with Crippen LogP contribution in [0.2, 0.25) is 0 Å². The monoisotopic (exact) mass is 528 g/mol. The second kappa shape index (κ2) is 9.90. The molecule has 1 saturated carbocycles. The van der Waals surface area contributed by atoms with Crippen LogP contribution in [0.3, 0.4) is 0 Å². The van der Waals surface area contributed by atoms with Crippen molar-refractivity contribution >= 4 is 17.5 Å². The van der Waals surface area contributed by atoms with Crippen LogP contribution in [0.5, 0.6) is 5.75 Å². The Morgan fingerprint density at radius 3 is 2.54 bits per heavy atom. The van der Waals surface area contributed by atoms with E-state index < -0.39 is 65.5 Å². The van der Waals surface area contributed by atoms with Gasteiger partial charge in [0.2, 0.25) is 11.7 Å². The summed E-state index contributed by atoms with van der Waals surface area (Å²) in [6.45, 7) is 0.683. The number of hydrogen-bond acceptors (Lipinski definition) is 5. The van der Waals surface area contributed by atoms with Gasteiger partial charge in [0.15, 0.2) is 17.2 Å². The first-order chi connectivity index (χ1) is 17.3. The van der Waals surface area contributed by atoms with Crippen molar-refractivity contribution in [1.82, 2.24) is 0 Å². The highest BCUT2D eigenvalue weighted by atomic mass is 19.4. The van der Waals surface area contributed by atoms with Gasteiger partial charge >= 0.3 is 6.18 Å². The Morgan fingerprint density at radius 2 is 1.92 bits per heavy atom. The Labute approximate surface area is 208 Å². The minimum Gasteiger partial charge on any atom is -0.490 e. The van der Waals surface area contributed by atoms with Gasteiger partial charge in [0.1, 0.15) is 6.10 Å². The molecule has 7 nitrogen and oxygen atoms in total. The fraction of sp³-hybridized carbons (Fsp3) is 0.440. The van der Waals surface area contributed by atoms with Crippen LogP contribution in [0.25, 0.3) is 0 Å². The lowest BCUT2D eigenvalue weighted by Gasteiger charge is -2.31. The van der Waals surface area contributed by atoms with E-state index in [-0.39, 0.29) is 29.3 Å². The number of nitrogens with one attached hydrogen (secondary N) is 1. The number of hydrogen-bond donors (Lipinski definition) is 3. The standard InChI is InChI=1S/C25H25F5N2O5/c1-24(25(28,29)30)10-17(21(37-24)23(35)32-14-4-2-3-13(9-14)22(31)34)16-5-6-18(26)19(27)20(16)36-11-12-7-15(33)8-12/h2-6,9,12,15,17,21,33H,7-8,10-11H2,1H3,(H2,31,34)(H,32,35)/t12?,15?,17-,21+,24+/m0/s1. The normalized spacial score (nSPS) is 27.4. The second-order valence-corrected chi connectivity index (χ2v) is 9.59. The predicted molar refractivity (Wildman–Crippen MR) is 121 cm³/mol. The summed E-state index contributed by atoms with van der Waals surface area (Å²) < 4.78 is 81.5. The van der Waals surface area contributed by atoms with E-state index in [9.17, 15) is 36.6 Å². The Kier molecular flexibility index (Phi) is 7.17. The van der Waals surface area contributed by atoms with Crippen molar-refractivity contribution in [3.05, 3.63) is 59.2 Å². The molecular weight excluding hydrogens is 503 g/mol. The molecular formula is C25H25F5N2O5. The molecule has 1 saturated heterocycles. The van der Waals surface area contributed by atoms with Crippen molar-refractivity contribution < 1.29 is 46.1 Å². The smallest absolute Gasteiger partial charge is 0.417 e. The van der Waals surface area contributed by atoms with Crippen LogP contribution < -0.4 is 15.8 Å². The maximum Gasteiger partial charge on any atom is 0.417 e. The molecule has 0 spiro atoms. The number of halogens is 5. The van der Waals surface area contributed by atoms with E-state index in [2.05, 4.69) is 5.32 Å². The third-order valence-corrected chi connectivity index (χ3v) is 6.79. The number of alkyl halides is 3. The molecule has 0 radical (unpaired) electrons. The van der Waals surface area contributed by atoms with Crippen molar-refractivity contribution in [2.75, 3.05) is 11.9 Å². The quantitative estimate of drug-likeness (QED) is 0.470. The average molecular weight is 528 g/mol. The number of anilines is 1. The lowest BCUT2D eigenvalue weighted by molar-refractivity contribution is -0.261. The minimum atomic E-state index is -4.88. The molecule has 2 aromatic carbocycles. The summed E-state index contributed by atoms with van der Waals surface area (Å²) in [4.78, 5) is 24.6. The lowest BCUT2D eigenvalue weighted by Crippen LogP contribution is -2.43. The summed E-state index contributed by atoms with van der Waals surface area (Å²) >= 11 is 0. The highest BCUT2D eigenvalue weighted by Crippen LogP contribution is 2.51. The highest BCUT2D eigenvalue weighted by molar-refractivity contribution is 5.98. The molecule has 2 aliphatic rings. The van der Waals surface area contributed by atoms with E-state index in [4.69, 9.17) is 15.2 Å². The molecule has 200 valence electrons. The third-order valence-electron chi connectivity index (χ3n) is 6.79. The molecule has 3 atom stereocenters. The zero-order valence-corrected chi connectivity index (χ0v) is 19.6. The van der Waals surface area contributed by atoms with Crippen molar-refractivity contribution in [3.63, 3.8) is 0 Å². The Balaban J connectivity index is 1.67. The van der Waals surface area contributed by atoms with Crippen LogP contribution in [-0.4, -0.2) is 47.5 Å². The molecule has 2 amide bonds. The zero-order valence-electron chi connectivity index (χ0n) is 19.6. The summed E-state index contributed by atoms with van der Waals surface area (Å²) in [6.07, 6.45) is -7.16.